The second-order valence-corrected chi connectivity index (χ2v) is 5.19. The molecule has 3 aromatic rings. The molecular weight excluding hydrogens is 302 g/mol. The highest BCUT2D eigenvalue weighted by atomic mass is 32.1. The molecule has 2 aromatic heterocycles. The molecule has 0 aliphatic rings. The van der Waals surface area contributed by atoms with Crippen LogP contribution in [-0.4, -0.2) is 23.5 Å². The maximum Gasteiger partial charge on any atom is 0.267 e. The Kier molecular flexibility index (Phi) is 4.45. The lowest BCUT2D eigenvalue weighted by molar-refractivity contribution is 0.107. The molecule has 3 rings (SSSR count). The van der Waals surface area contributed by atoms with Gasteiger partial charge in [-0.15, -0.1) is 11.3 Å². The number of para-hydroxylation sites is 1. The number of hydrogen-bond acceptors (Lipinski definition) is 7. The molecule has 7 heteroatoms. The van der Waals surface area contributed by atoms with Crippen LogP contribution in [-0.2, 0) is 11.4 Å². The summed E-state index contributed by atoms with van der Waals surface area (Å²) in [4.78, 5) is 10.4. The summed E-state index contributed by atoms with van der Waals surface area (Å²) in [6.45, 7) is 0.115. The van der Waals surface area contributed by atoms with Crippen LogP contribution in [0.1, 0.15) is 11.5 Å². The third-order valence-electron chi connectivity index (χ3n) is 2.80. The molecule has 6 nitrogen and oxygen atoms in total. The van der Waals surface area contributed by atoms with E-state index in [9.17, 15) is 0 Å². The molecule has 0 saturated carbocycles. The molecule has 0 amide bonds. The van der Waals surface area contributed by atoms with Crippen LogP contribution < -0.4 is 4.74 Å². The third kappa shape index (κ3) is 3.32. The van der Waals surface area contributed by atoms with E-state index in [1.807, 2.05) is 41.8 Å². The molecule has 22 heavy (non-hydrogen) atoms. The van der Waals surface area contributed by atoms with E-state index in [0.29, 0.717) is 11.7 Å². The lowest BCUT2D eigenvalue weighted by Crippen LogP contribution is -1.92. The van der Waals surface area contributed by atoms with Crippen molar-refractivity contribution in [3.8, 4) is 16.5 Å². The van der Waals surface area contributed by atoms with Crippen LogP contribution in [0.5, 0.6) is 5.75 Å². The van der Waals surface area contributed by atoms with Crippen LogP contribution in [0, 0.1) is 0 Å². The van der Waals surface area contributed by atoms with Crippen LogP contribution in [0.2, 0.25) is 0 Å². The molecule has 0 unspecified atom stereocenters. The first-order chi connectivity index (χ1) is 10.9. The number of oxime groups is 1. The Balaban J connectivity index is 1.58. The number of ether oxygens (including phenoxy) is 1. The Labute approximate surface area is 131 Å². The molecule has 1 aromatic carbocycles. The van der Waals surface area contributed by atoms with E-state index in [1.54, 1.807) is 24.7 Å². The molecule has 0 N–H and O–H groups in total. The van der Waals surface area contributed by atoms with Crippen LogP contribution >= 0.6 is 11.3 Å². The number of nitrogens with zero attached hydrogens (tertiary/aromatic N) is 3. The number of benzene rings is 1. The predicted octanol–water partition coefficient (Wildman–Crippen LogP) is 3.36. The largest absolute Gasteiger partial charge is 0.496 e. The molecule has 0 aliphatic heterocycles. The van der Waals surface area contributed by atoms with Crippen molar-refractivity contribution in [3.05, 3.63) is 53.2 Å². The van der Waals surface area contributed by atoms with Gasteiger partial charge in [0, 0.05) is 5.56 Å². The monoisotopic (exact) mass is 315 g/mol. The number of hydrogen-bond donors (Lipinski definition) is 0. The minimum absolute atomic E-state index is 0.115. The standard InChI is InChI=1S/C15H13N3O3S/c1-19-12-6-3-2-5-11(12)9-16-20-10-14-17-15(18-21-14)13-7-4-8-22-13/h2-9H,10H2,1H3/b16-9-. The summed E-state index contributed by atoms with van der Waals surface area (Å²) in [5.74, 6) is 1.66. The highest BCUT2D eigenvalue weighted by Crippen LogP contribution is 2.21. The van der Waals surface area contributed by atoms with Gasteiger partial charge in [0.1, 0.15) is 5.75 Å². The molecule has 0 fully saturated rings. The first-order valence-electron chi connectivity index (χ1n) is 6.51. The molecule has 0 radical (unpaired) electrons. The Morgan fingerprint density at radius 1 is 1.27 bits per heavy atom. The first kappa shape index (κ1) is 14.3. The molecule has 0 saturated heterocycles. The zero-order chi connectivity index (χ0) is 15.2. The van der Waals surface area contributed by atoms with Crippen molar-refractivity contribution in [3.63, 3.8) is 0 Å². The zero-order valence-corrected chi connectivity index (χ0v) is 12.6. The SMILES string of the molecule is COc1ccccc1/C=N\OCc1nc(-c2cccs2)no1. The first-order valence-corrected chi connectivity index (χ1v) is 7.39. The van der Waals surface area contributed by atoms with E-state index in [-0.39, 0.29) is 6.61 Å². The number of aromatic nitrogens is 2. The van der Waals surface area contributed by atoms with Crippen molar-refractivity contribution in [2.75, 3.05) is 7.11 Å². The Hall–Kier alpha value is -2.67. The summed E-state index contributed by atoms with van der Waals surface area (Å²) in [5.41, 5.74) is 0.829. The molecule has 2 heterocycles. The van der Waals surface area contributed by atoms with Gasteiger partial charge < -0.3 is 14.1 Å². The molecule has 0 bridgehead atoms. The highest BCUT2D eigenvalue weighted by molar-refractivity contribution is 7.13. The van der Waals surface area contributed by atoms with Crippen LogP contribution in [0.3, 0.4) is 0 Å². The van der Waals surface area contributed by atoms with Crippen LogP contribution in [0.25, 0.3) is 10.7 Å². The minimum Gasteiger partial charge on any atom is -0.496 e. The summed E-state index contributed by atoms with van der Waals surface area (Å²) in [7, 11) is 1.61. The fourth-order valence-corrected chi connectivity index (χ4v) is 2.43. The number of rotatable bonds is 6. The van der Waals surface area contributed by atoms with Gasteiger partial charge in [-0.25, -0.2) is 0 Å². The van der Waals surface area contributed by atoms with E-state index in [0.717, 1.165) is 16.2 Å². The quantitative estimate of drug-likeness (QED) is 0.515. The van der Waals surface area contributed by atoms with Crippen molar-refractivity contribution in [2.45, 2.75) is 6.61 Å². The van der Waals surface area contributed by atoms with Crippen LogP contribution in [0.4, 0.5) is 0 Å². The molecular formula is C15H13N3O3S. The van der Waals surface area contributed by atoms with E-state index < -0.39 is 0 Å². The van der Waals surface area contributed by atoms with Crippen molar-refractivity contribution in [2.24, 2.45) is 5.16 Å². The maximum atomic E-state index is 5.22. The number of thiophene rings is 1. The fraction of sp³-hybridized carbons (Fsp3) is 0.133. The summed E-state index contributed by atoms with van der Waals surface area (Å²) in [5, 5.41) is 9.74. The van der Waals surface area contributed by atoms with Gasteiger partial charge in [0.25, 0.3) is 5.89 Å². The predicted molar refractivity (Wildman–Crippen MR) is 83.0 cm³/mol. The fourth-order valence-electron chi connectivity index (χ4n) is 1.78. The normalized spacial score (nSPS) is 11.0. The average molecular weight is 315 g/mol. The van der Waals surface area contributed by atoms with Crippen molar-refractivity contribution in [1.82, 2.24) is 10.1 Å². The minimum atomic E-state index is 0.115. The second kappa shape index (κ2) is 6.86. The van der Waals surface area contributed by atoms with E-state index in [2.05, 4.69) is 15.3 Å². The van der Waals surface area contributed by atoms with Crippen molar-refractivity contribution in [1.29, 1.82) is 0 Å². The lowest BCUT2D eigenvalue weighted by Gasteiger charge is -2.02. The van der Waals surface area contributed by atoms with Crippen molar-refractivity contribution >= 4 is 17.6 Å². The van der Waals surface area contributed by atoms with E-state index in [1.165, 1.54) is 0 Å². The summed E-state index contributed by atoms with van der Waals surface area (Å²) >= 11 is 1.55. The van der Waals surface area contributed by atoms with E-state index >= 15 is 0 Å². The van der Waals surface area contributed by atoms with Gasteiger partial charge >= 0.3 is 0 Å². The highest BCUT2D eigenvalue weighted by Gasteiger charge is 2.09. The average Bonchev–Trinajstić information content (AvgIpc) is 3.23. The summed E-state index contributed by atoms with van der Waals surface area (Å²) in [6.07, 6.45) is 1.58. The summed E-state index contributed by atoms with van der Waals surface area (Å²) in [6, 6.07) is 11.4. The maximum absolute atomic E-state index is 5.22. The van der Waals surface area contributed by atoms with Gasteiger partial charge in [0.2, 0.25) is 5.82 Å². The third-order valence-corrected chi connectivity index (χ3v) is 3.67. The summed E-state index contributed by atoms with van der Waals surface area (Å²) < 4.78 is 10.3. The van der Waals surface area contributed by atoms with Gasteiger partial charge in [-0.1, -0.05) is 28.5 Å². The van der Waals surface area contributed by atoms with Gasteiger partial charge in [0.15, 0.2) is 6.61 Å². The van der Waals surface area contributed by atoms with Crippen molar-refractivity contribution < 1.29 is 14.1 Å². The smallest absolute Gasteiger partial charge is 0.267 e. The molecule has 112 valence electrons. The Bertz CT molecular complexity index is 753. The molecule has 0 spiro atoms. The lowest BCUT2D eigenvalue weighted by atomic mass is 10.2. The van der Waals surface area contributed by atoms with E-state index in [4.69, 9.17) is 14.1 Å². The van der Waals surface area contributed by atoms with Crippen LogP contribution in [0.15, 0.2) is 51.5 Å². The Morgan fingerprint density at radius 3 is 3.00 bits per heavy atom. The van der Waals surface area contributed by atoms with Gasteiger partial charge in [0.05, 0.1) is 18.2 Å². The molecule has 0 atom stereocenters. The number of methoxy groups -OCH3 is 1. The second-order valence-electron chi connectivity index (χ2n) is 4.24. The zero-order valence-electron chi connectivity index (χ0n) is 11.8. The van der Waals surface area contributed by atoms with Gasteiger partial charge in [-0.05, 0) is 23.6 Å². The Morgan fingerprint density at radius 2 is 2.18 bits per heavy atom. The van der Waals surface area contributed by atoms with Gasteiger partial charge in [-0.2, -0.15) is 4.98 Å². The van der Waals surface area contributed by atoms with Gasteiger partial charge in [-0.3, -0.25) is 0 Å². The topological polar surface area (TPSA) is 69.7 Å². The molecule has 0 aliphatic carbocycles.